The molecule has 0 spiro atoms. The number of halogens is 1. The average molecular weight is 369 g/mol. The number of benzene rings is 1. The van der Waals surface area contributed by atoms with E-state index in [1.54, 1.807) is 0 Å². The SMILES string of the molecule is CC(C)(C)NC(=O)OCC1CCN(CCCOc2ccc(Cl)cc2)C1. The first-order valence-corrected chi connectivity index (χ1v) is 9.25. The van der Waals surface area contributed by atoms with Gasteiger partial charge in [0.1, 0.15) is 5.75 Å². The number of hydrogen-bond acceptors (Lipinski definition) is 4. The lowest BCUT2D eigenvalue weighted by Gasteiger charge is -2.21. The topological polar surface area (TPSA) is 50.8 Å². The van der Waals surface area contributed by atoms with Gasteiger partial charge in [0.2, 0.25) is 0 Å². The van der Waals surface area contributed by atoms with Crippen molar-refractivity contribution in [1.29, 1.82) is 0 Å². The van der Waals surface area contributed by atoms with E-state index in [-0.39, 0.29) is 11.6 Å². The minimum absolute atomic E-state index is 0.261. The molecule has 25 heavy (non-hydrogen) atoms. The van der Waals surface area contributed by atoms with Gasteiger partial charge in [0, 0.05) is 29.6 Å². The van der Waals surface area contributed by atoms with Gasteiger partial charge in [0.05, 0.1) is 13.2 Å². The van der Waals surface area contributed by atoms with Crippen LogP contribution in [0.15, 0.2) is 24.3 Å². The molecular weight excluding hydrogens is 340 g/mol. The number of alkyl carbamates (subject to hydrolysis) is 1. The highest BCUT2D eigenvalue weighted by atomic mass is 35.5. The Morgan fingerprint density at radius 3 is 2.72 bits per heavy atom. The largest absolute Gasteiger partial charge is 0.494 e. The Morgan fingerprint density at radius 2 is 2.04 bits per heavy atom. The van der Waals surface area contributed by atoms with Gasteiger partial charge in [-0.15, -0.1) is 0 Å². The van der Waals surface area contributed by atoms with Crippen LogP contribution < -0.4 is 10.1 Å². The number of carbonyl (C=O) groups is 1. The summed E-state index contributed by atoms with van der Waals surface area (Å²) in [7, 11) is 0. The fourth-order valence-corrected chi connectivity index (χ4v) is 2.92. The zero-order chi connectivity index (χ0) is 18.3. The highest BCUT2D eigenvalue weighted by Crippen LogP contribution is 2.18. The summed E-state index contributed by atoms with van der Waals surface area (Å²) in [4.78, 5) is 14.1. The number of ether oxygens (including phenoxy) is 2. The molecule has 0 aliphatic carbocycles. The van der Waals surface area contributed by atoms with Crippen molar-refractivity contribution < 1.29 is 14.3 Å². The maximum atomic E-state index is 11.7. The van der Waals surface area contributed by atoms with E-state index in [2.05, 4.69) is 10.2 Å². The van der Waals surface area contributed by atoms with E-state index in [4.69, 9.17) is 21.1 Å². The second kappa shape index (κ2) is 9.30. The van der Waals surface area contributed by atoms with Crippen molar-refractivity contribution in [1.82, 2.24) is 10.2 Å². The van der Waals surface area contributed by atoms with Gasteiger partial charge in [-0.1, -0.05) is 11.6 Å². The Morgan fingerprint density at radius 1 is 1.32 bits per heavy atom. The number of nitrogens with one attached hydrogen (secondary N) is 1. The summed E-state index contributed by atoms with van der Waals surface area (Å²) in [6.07, 6.45) is 1.71. The van der Waals surface area contributed by atoms with Crippen LogP contribution in [0.3, 0.4) is 0 Å². The van der Waals surface area contributed by atoms with Gasteiger partial charge in [0.15, 0.2) is 0 Å². The van der Waals surface area contributed by atoms with Crippen LogP contribution in [0, 0.1) is 5.92 Å². The second-order valence-corrected chi connectivity index (χ2v) is 8.02. The van der Waals surface area contributed by atoms with Gasteiger partial charge in [0.25, 0.3) is 0 Å². The number of amides is 1. The normalized spacial score (nSPS) is 18.2. The molecule has 1 saturated heterocycles. The van der Waals surface area contributed by atoms with Crippen molar-refractivity contribution in [2.45, 2.75) is 39.2 Å². The quantitative estimate of drug-likeness (QED) is 0.740. The summed E-state index contributed by atoms with van der Waals surface area (Å²) in [6, 6.07) is 7.43. The summed E-state index contributed by atoms with van der Waals surface area (Å²) in [5.74, 6) is 1.27. The molecule has 2 rings (SSSR count). The van der Waals surface area contributed by atoms with Gasteiger partial charge in [-0.2, -0.15) is 0 Å². The molecule has 1 aliphatic heterocycles. The maximum absolute atomic E-state index is 11.7. The van der Waals surface area contributed by atoms with Crippen LogP contribution in [0.4, 0.5) is 4.79 Å². The third kappa shape index (κ3) is 7.97. The summed E-state index contributed by atoms with van der Waals surface area (Å²) in [5.41, 5.74) is -0.261. The summed E-state index contributed by atoms with van der Waals surface area (Å²) in [5, 5.41) is 3.53. The van der Waals surface area contributed by atoms with Crippen LogP contribution in [-0.2, 0) is 4.74 Å². The molecule has 0 saturated carbocycles. The molecule has 1 amide bonds. The summed E-state index contributed by atoms with van der Waals surface area (Å²) < 4.78 is 11.0. The number of likely N-dealkylation sites (tertiary alicyclic amines) is 1. The second-order valence-electron chi connectivity index (χ2n) is 7.58. The minimum Gasteiger partial charge on any atom is -0.494 e. The molecule has 1 fully saturated rings. The van der Waals surface area contributed by atoms with Crippen LogP contribution in [0.2, 0.25) is 5.02 Å². The molecule has 1 heterocycles. The van der Waals surface area contributed by atoms with Crippen LogP contribution >= 0.6 is 11.6 Å². The smallest absolute Gasteiger partial charge is 0.407 e. The fourth-order valence-electron chi connectivity index (χ4n) is 2.80. The minimum atomic E-state index is -0.331. The first-order chi connectivity index (χ1) is 11.8. The van der Waals surface area contributed by atoms with Crippen LogP contribution in [-0.4, -0.2) is 49.4 Å². The van der Waals surface area contributed by atoms with E-state index in [9.17, 15) is 4.79 Å². The van der Waals surface area contributed by atoms with Crippen LogP contribution in [0.5, 0.6) is 5.75 Å². The van der Waals surface area contributed by atoms with Gasteiger partial charge in [-0.25, -0.2) is 4.79 Å². The van der Waals surface area contributed by atoms with Crippen LogP contribution in [0.25, 0.3) is 0 Å². The molecule has 1 N–H and O–H groups in total. The molecule has 140 valence electrons. The Hall–Kier alpha value is -1.46. The molecule has 0 radical (unpaired) electrons. The first kappa shape index (κ1) is 19.9. The molecule has 1 aromatic rings. The van der Waals surface area contributed by atoms with Crippen LogP contribution in [0.1, 0.15) is 33.6 Å². The molecule has 1 aliphatic rings. The monoisotopic (exact) mass is 368 g/mol. The Balaban J connectivity index is 1.56. The predicted molar refractivity (Wildman–Crippen MR) is 100 cm³/mol. The Bertz CT molecular complexity index is 543. The van der Waals surface area contributed by atoms with Crippen molar-refractivity contribution in [3.05, 3.63) is 29.3 Å². The van der Waals surface area contributed by atoms with E-state index < -0.39 is 0 Å². The molecule has 6 heteroatoms. The van der Waals surface area contributed by atoms with Gasteiger partial charge < -0.3 is 19.7 Å². The van der Waals surface area contributed by atoms with Gasteiger partial charge in [-0.05, 0) is 64.4 Å². The lowest BCUT2D eigenvalue weighted by molar-refractivity contribution is 0.119. The number of carbonyl (C=O) groups excluding carboxylic acids is 1. The number of hydrogen-bond donors (Lipinski definition) is 1. The maximum Gasteiger partial charge on any atom is 0.407 e. The third-order valence-electron chi connectivity index (χ3n) is 4.00. The number of rotatable bonds is 7. The van der Waals surface area contributed by atoms with Crippen molar-refractivity contribution in [3.8, 4) is 5.75 Å². The highest BCUT2D eigenvalue weighted by molar-refractivity contribution is 6.30. The van der Waals surface area contributed by atoms with Crippen molar-refractivity contribution in [3.63, 3.8) is 0 Å². The molecular formula is C19H29ClN2O3. The summed E-state index contributed by atoms with van der Waals surface area (Å²) in [6.45, 7) is 10.0. The van der Waals surface area contributed by atoms with Crippen molar-refractivity contribution in [2.75, 3.05) is 32.8 Å². The van der Waals surface area contributed by atoms with Crippen molar-refractivity contribution >= 4 is 17.7 Å². The molecule has 1 unspecified atom stereocenters. The fraction of sp³-hybridized carbons (Fsp3) is 0.632. The molecule has 0 bridgehead atoms. The average Bonchev–Trinajstić information content (AvgIpc) is 2.98. The van der Waals surface area contributed by atoms with E-state index in [1.165, 1.54) is 0 Å². The zero-order valence-corrected chi connectivity index (χ0v) is 16.1. The Labute approximate surface area is 155 Å². The first-order valence-electron chi connectivity index (χ1n) is 8.87. The van der Waals surface area contributed by atoms with E-state index in [0.29, 0.717) is 24.2 Å². The highest BCUT2D eigenvalue weighted by Gasteiger charge is 2.24. The zero-order valence-electron chi connectivity index (χ0n) is 15.4. The lowest BCUT2D eigenvalue weighted by atomic mass is 10.1. The van der Waals surface area contributed by atoms with Gasteiger partial charge in [-0.3, -0.25) is 0 Å². The Kier molecular flexibility index (Phi) is 7.38. The molecule has 1 aromatic carbocycles. The van der Waals surface area contributed by atoms with Gasteiger partial charge >= 0.3 is 6.09 Å². The standard InChI is InChI=1S/C19H29ClN2O3/c1-19(2,3)21-18(23)25-14-15-9-11-22(13-15)10-4-12-24-17-7-5-16(20)6-8-17/h5-8,15H,4,9-14H2,1-3H3,(H,21,23). The third-order valence-corrected chi connectivity index (χ3v) is 4.25. The van der Waals surface area contributed by atoms with E-state index in [1.807, 2.05) is 45.0 Å². The lowest BCUT2D eigenvalue weighted by Crippen LogP contribution is -2.41. The molecule has 1 atom stereocenters. The molecule has 0 aromatic heterocycles. The molecule has 5 nitrogen and oxygen atoms in total. The summed E-state index contributed by atoms with van der Waals surface area (Å²) >= 11 is 5.85. The van der Waals surface area contributed by atoms with E-state index in [0.717, 1.165) is 38.2 Å². The van der Waals surface area contributed by atoms with E-state index >= 15 is 0 Å². The van der Waals surface area contributed by atoms with Crippen molar-refractivity contribution in [2.24, 2.45) is 5.92 Å². The predicted octanol–water partition coefficient (Wildman–Crippen LogP) is 3.96. The number of nitrogens with zero attached hydrogens (tertiary/aromatic N) is 1.